The van der Waals surface area contributed by atoms with E-state index in [1.165, 1.54) is 122 Å². The quantitative estimate of drug-likeness (QED) is 0.147. The molecule has 0 saturated carbocycles. The van der Waals surface area contributed by atoms with Crippen LogP contribution in [0.4, 0.5) is 17.1 Å². The maximum atomic E-state index is 2.61. The van der Waals surface area contributed by atoms with E-state index >= 15 is 0 Å². The lowest BCUT2D eigenvalue weighted by atomic mass is 9.67. The van der Waals surface area contributed by atoms with Crippen molar-refractivity contribution < 1.29 is 0 Å². The third-order valence-corrected chi connectivity index (χ3v) is 18.4. The monoisotopic (exact) mass is 1030 g/mol. The van der Waals surface area contributed by atoms with E-state index in [0.29, 0.717) is 0 Å². The van der Waals surface area contributed by atoms with Crippen LogP contribution in [-0.4, -0.2) is 4.57 Å². The zero-order valence-electron chi connectivity index (χ0n) is 44.7. The van der Waals surface area contributed by atoms with E-state index in [0.717, 1.165) is 28.2 Å². The molecule has 0 bridgehead atoms. The summed E-state index contributed by atoms with van der Waals surface area (Å²) in [5.74, 6) is 0. The molecule has 0 radical (unpaired) electrons. The number of rotatable bonds is 8. The summed E-state index contributed by atoms with van der Waals surface area (Å²) in [7, 11) is 0. The molecular formula is C79H52N2. The SMILES string of the molecule is CC1(c2ccc3ccccc3c2)c2cccc3c2-c2c1ccc1c4ccc(N(c5cc(-c6ccccc6)cc(-c6ccccc6)c5)c5ccc6c(c5)C(c5ccccc5)(c5ccccc5)c5ccccc5-6)cc4n(c21)-c1ccccc1-3. The van der Waals surface area contributed by atoms with E-state index in [1.54, 1.807) is 0 Å². The zero-order chi connectivity index (χ0) is 53.4. The predicted molar refractivity (Wildman–Crippen MR) is 338 cm³/mol. The Morgan fingerprint density at radius 1 is 0.309 bits per heavy atom. The summed E-state index contributed by atoms with van der Waals surface area (Å²) in [5, 5.41) is 5.00. The molecule has 378 valence electrons. The molecule has 2 heterocycles. The maximum absolute atomic E-state index is 2.61. The van der Waals surface area contributed by atoms with Crippen molar-refractivity contribution in [1.29, 1.82) is 0 Å². The number of para-hydroxylation sites is 1. The van der Waals surface area contributed by atoms with Crippen LogP contribution < -0.4 is 4.90 Å². The Hall–Kier alpha value is -10.3. The molecule has 81 heavy (non-hydrogen) atoms. The molecule has 17 rings (SSSR count). The van der Waals surface area contributed by atoms with Crippen LogP contribution in [0.3, 0.4) is 0 Å². The van der Waals surface area contributed by atoms with Crippen molar-refractivity contribution in [2.45, 2.75) is 17.8 Å². The lowest BCUT2D eigenvalue weighted by Crippen LogP contribution is -2.28. The van der Waals surface area contributed by atoms with Crippen molar-refractivity contribution in [1.82, 2.24) is 4.57 Å². The van der Waals surface area contributed by atoms with E-state index < -0.39 is 10.8 Å². The summed E-state index contributed by atoms with van der Waals surface area (Å²) in [6.45, 7) is 2.46. The second kappa shape index (κ2) is 17.4. The highest BCUT2D eigenvalue weighted by Gasteiger charge is 2.47. The smallest absolute Gasteiger partial charge is 0.0714 e. The molecule has 2 aliphatic carbocycles. The van der Waals surface area contributed by atoms with Gasteiger partial charge in [0.05, 0.1) is 22.1 Å². The zero-order valence-corrected chi connectivity index (χ0v) is 44.7. The average molecular weight is 1030 g/mol. The van der Waals surface area contributed by atoms with Gasteiger partial charge in [-0.05, 0) is 156 Å². The number of fused-ring (bicyclic) bond motifs is 10. The van der Waals surface area contributed by atoms with Crippen molar-refractivity contribution in [3.8, 4) is 61.3 Å². The minimum Gasteiger partial charge on any atom is -0.310 e. The molecule has 0 amide bonds. The van der Waals surface area contributed by atoms with Crippen molar-refractivity contribution >= 4 is 49.6 Å². The van der Waals surface area contributed by atoms with Crippen molar-refractivity contribution in [3.63, 3.8) is 0 Å². The molecule has 0 N–H and O–H groups in total. The molecule has 0 saturated heterocycles. The molecule has 3 aliphatic rings. The Labute approximate surface area is 471 Å². The van der Waals surface area contributed by atoms with E-state index in [1.807, 2.05) is 0 Å². The maximum Gasteiger partial charge on any atom is 0.0714 e. The molecule has 1 unspecified atom stereocenters. The van der Waals surface area contributed by atoms with Gasteiger partial charge in [-0.1, -0.05) is 243 Å². The molecule has 13 aromatic carbocycles. The van der Waals surface area contributed by atoms with E-state index in [2.05, 4.69) is 314 Å². The number of nitrogens with zero attached hydrogens (tertiary/aromatic N) is 2. The molecule has 2 nitrogen and oxygen atoms in total. The Bertz CT molecular complexity index is 4780. The molecule has 1 aromatic heterocycles. The highest BCUT2D eigenvalue weighted by molar-refractivity contribution is 6.19. The van der Waals surface area contributed by atoms with Crippen molar-refractivity contribution in [2.75, 3.05) is 4.90 Å². The summed E-state index contributed by atoms with van der Waals surface area (Å²) in [6.07, 6.45) is 0. The molecule has 0 spiro atoms. The highest BCUT2D eigenvalue weighted by atomic mass is 15.1. The summed E-state index contributed by atoms with van der Waals surface area (Å²) >= 11 is 0. The first-order chi connectivity index (χ1) is 40.1. The molecule has 14 aromatic rings. The molecule has 0 fully saturated rings. The topological polar surface area (TPSA) is 8.17 Å². The number of benzene rings is 13. The summed E-state index contributed by atoms with van der Waals surface area (Å²) in [6, 6.07) is 112. The number of hydrogen-bond acceptors (Lipinski definition) is 1. The number of hydrogen-bond donors (Lipinski definition) is 0. The minimum absolute atomic E-state index is 0.392. The fourth-order valence-electron chi connectivity index (χ4n) is 14.8. The molecule has 2 heteroatoms. The highest BCUT2D eigenvalue weighted by Crippen LogP contribution is 2.61. The van der Waals surface area contributed by atoms with Gasteiger partial charge in [-0.25, -0.2) is 0 Å². The first-order valence-electron chi connectivity index (χ1n) is 28.3. The van der Waals surface area contributed by atoms with Gasteiger partial charge in [-0.3, -0.25) is 0 Å². The van der Waals surface area contributed by atoms with Gasteiger partial charge in [0.25, 0.3) is 0 Å². The Balaban J connectivity index is 0.961. The van der Waals surface area contributed by atoms with Gasteiger partial charge < -0.3 is 9.47 Å². The van der Waals surface area contributed by atoms with Gasteiger partial charge in [0, 0.05) is 44.4 Å². The van der Waals surface area contributed by atoms with E-state index in [4.69, 9.17) is 0 Å². The fourth-order valence-corrected chi connectivity index (χ4v) is 14.8. The number of aromatic nitrogens is 1. The predicted octanol–water partition coefficient (Wildman–Crippen LogP) is 20.4. The fraction of sp³-hybridized carbons (Fsp3) is 0.0380. The summed E-state index contributed by atoms with van der Waals surface area (Å²) in [5.41, 5.74) is 27.3. The summed E-state index contributed by atoms with van der Waals surface area (Å²) < 4.78 is 2.61. The third-order valence-electron chi connectivity index (χ3n) is 18.4. The van der Waals surface area contributed by atoms with Crippen LogP contribution >= 0.6 is 0 Å². The van der Waals surface area contributed by atoms with E-state index in [-0.39, 0.29) is 0 Å². The summed E-state index contributed by atoms with van der Waals surface area (Å²) in [4.78, 5) is 2.53. The van der Waals surface area contributed by atoms with Gasteiger partial charge >= 0.3 is 0 Å². The standard InChI is InChI=1S/C79H52N2/c1-78(59-38-37-53-25-14-15-26-54(53)46-59)70-35-20-33-67-65-32-17-19-36-73(65)81-74-50-61(40-42-66(74)68-43-44-71(78)76(75(67)70)77(68)81)80(62-47-55(51-21-6-2-7-22-51)45-56(48-62)52-23-8-3-9-24-52)60-39-41-64-63-31-16-18-34-69(63)79(72(64)49-60,57-27-10-4-11-28-57)58-29-12-5-13-30-58/h2-50H,1H3. The normalized spacial score (nSPS) is 14.9. The molecule has 1 atom stereocenters. The lowest BCUT2D eigenvalue weighted by molar-refractivity contribution is 0.715. The number of anilines is 3. The van der Waals surface area contributed by atoms with Crippen molar-refractivity contribution in [2.24, 2.45) is 0 Å². The molecule has 1 aliphatic heterocycles. The minimum atomic E-state index is -0.581. The van der Waals surface area contributed by atoms with Crippen LogP contribution in [0.25, 0.3) is 93.9 Å². The largest absolute Gasteiger partial charge is 0.310 e. The first kappa shape index (κ1) is 45.7. The Morgan fingerprint density at radius 3 is 1.59 bits per heavy atom. The Morgan fingerprint density at radius 2 is 0.864 bits per heavy atom. The average Bonchev–Trinajstić information content (AvgIpc) is 1.99. The van der Waals surface area contributed by atoms with Gasteiger partial charge in [0.15, 0.2) is 0 Å². The lowest BCUT2D eigenvalue weighted by Gasteiger charge is -2.35. The van der Waals surface area contributed by atoms with Gasteiger partial charge in [0.2, 0.25) is 0 Å². The van der Waals surface area contributed by atoms with Crippen LogP contribution in [0.2, 0.25) is 0 Å². The first-order valence-corrected chi connectivity index (χ1v) is 28.3. The van der Waals surface area contributed by atoms with Crippen LogP contribution in [0.5, 0.6) is 0 Å². The van der Waals surface area contributed by atoms with Gasteiger partial charge in [0.1, 0.15) is 0 Å². The van der Waals surface area contributed by atoms with Crippen LogP contribution in [0, 0.1) is 0 Å². The Kier molecular flexibility index (Phi) is 9.80. The van der Waals surface area contributed by atoms with Crippen molar-refractivity contribution in [3.05, 3.63) is 336 Å². The second-order valence-electron chi connectivity index (χ2n) is 22.4. The van der Waals surface area contributed by atoms with E-state index in [9.17, 15) is 0 Å². The third kappa shape index (κ3) is 6.45. The second-order valence-corrected chi connectivity index (χ2v) is 22.4. The molecular weight excluding hydrogens is 977 g/mol. The van der Waals surface area contributed by atoms with Gasteiger partial charge in [-0.2, -0.15) is 0 Å². The van der Waals surface area contributed by atoms with Gasteiger partial charge in [-0.15, -0.1) is 0 Å². The van der Waals surface area contributed by atoms with Crippen LogP contribution in [-0.2, 0) is 10.8 Å². The van der Waals surface area contributed by atoms with Crippen LogP contribution in [0.1, 0.15) is 45.9 Å². The van der Waals surface area contributed by atoms with Crippen LogP contribution in [0.15, 0.2) is 297 Å².